The van der Waals surface area contributed by atoms with Crippen LogP contribution in [0.15, 0.2) is 61.3 Å². The molecule has 12 atom stereocenters. The number of esters is 2. The number of carbonyl (C=O) groups is 3. The second-order valence-corrected chi connectivity index (χ2v) is 13.0. The number of cyclic esters (lactones) is 1. The first kappa shape index (κ1) is 41.8. The molecule has 1 heterocycles. The second kappa shape index (κ2) is 21.6. The highest BCUT2D eigenvalue weighted by Gasteiger charge is 2.31. The Labute approximate surface area is 281 Å². The van der Waals surface area contributed by atoms with Gasteiger partial charge in [0.2, 0.25) is 6.29 Å². The van der Waals surface area contributed by atoms with Gasteiger partial charge in [-0.2, -0.15) is 0 Å². The van der Waals surface area contributed by atoms with Crippen LogP contribution in [-0.4, -0.2) is 70.2 Å². The first-order valence-electron chi connectivity index (χ1n) is 16.7. The van der Waals surface area contributed by atoms with E-state index in [1.54, 1.807) is 43.4 Å². The molecule has 0 radical (unpaired) electrons. The summed E-state index contributed by atoms with van der Waals surface area (Å²) < 4.78 is 21.2. The first-order valence-corrected chi connectivity index (χ1v) is 16.7. The summed E-state index contributed by atoms with van der Waals surface area (Å²) in [7, 11) is 0. The van der Waals surface area contributed by atoms with E-state index in [-0.39, 0.29) is 36.0 Å². The molecule has 0 amide bonds. The average Bonchev–Trinajstić information content (AvgIpc) is 2.99. The zero-order chi connectivity index (χ0) is 35.7. The molecule has 1 unspecified atom stereocenters. The molecule has 1 aliphatic heterocycles. The van der Waals surface area contributed by atoms with Crippen LogP contribution < -0.4 is 0 Å². The molecule has 0 aromatic carbocycles. The smallest absolute Gasteiger partial charge is 0.458 e. The summed E-state index contributed by atoms with van der Waals surface area (Å²) in [6, 6.07) is 0. The fraction of sp³-hybridized carbons (Fsp3) is 0.649. The molecule has 0 aromatic rings. The zero-order valence-electron chi connectivity index (χ0n) is 29.4. The Kier molecular flexibility index (Phi) is 19.2. The van der Waals surface area contributed by atoms with E-state index >= 15 is 0 Å². The number of rotatable bonds is 6. The third-order valence-electron chi connectivity index (χ3n) is 8.59. The summed E-state index contributed by atoms with van der Waals surface area (Å²) in [4.78, 5) is 36.6. The lowest BCUT2D eigenvalue weighted by Gasteiger charge is -2.31. The van der Waals surface area contributed by atoms with Gasteiger partial charge in [-0.05, 0) is 31.1 Å². The summed E-state index contributed by atoms with van der Waals surface area (Å²) in [5, 5.41) is 33.0. The maximum Gasteiger partial charge on any atom is 0.511 e. The topological polar surface area (TPSA) is 149 Å². The molecule has 0 aliphatic carbocycles. The van der Waals surface area contributed by atoms with Crippen LogP contribution in [0.2, 0.25) is 0 Å². The molecule has 0 saturated carbocycles. The van der Waals surface area contributed by atoms with Crippen molar-refractivity contribution in [3.63, 3.8) is 0 Å². The molecular formula is C37H58O10. The monoisotopic (exact) mass is 662 g/mol. The second-order valence-electron chi connectivity index (χ2n) is 13.0. The molecule has 10 heteroatoms. The summed E-state index contributed by atoms with van der Waals surface area (Å²) in [5.41, 5.74) is 0. The van der Waals surface area contributed by atoms with E-state index in [9.17, 15) is 29.7 Å². The van der Waals surface area contributed by atoms with Crippen molar-refractivity contribution in [1.82, 2.24) is 0 Å². The predicted molar refractivity (Wildman–Crippen MR) is 181 cm³/mol. The minimum absolute atomic E-state index is 0.0121. The van der Waals surface area contributed by atoms with E-state index in [0.717, 1.165) is 12.8 Å². The van der Waals surface area contributed by atoms with E-state index in [1.165, 1.54) is 26.0 Å². The van der Waals surface area contributed by atoms with Gasteiger partial charge in [-0.3, -0.25) is 4.79 Å². The van der Waals surface area contributed by atoms with Gasteiger partial charge >= 0.3 is 18.1 Å². The molecule has 0 fully saturated rings. The van der Waals surface area contributed by atoms with Crippen LogP contribution in [0.25, 0.3) is 0 Å². The van der Waals surface area contributed by atoms with Crippen molar-refractivity contribution in [3.8, 4) is 0 Å². The molecule has 1 rings (SSSR count). The molecule has 0 spiro atoms. The normalized spacial score (nSPS) is 35.5. The van der Waals surface area contributed by atoms with Gasteiger partial charge in [-0.15, -0.1) is 0 Å². The van der Waals surface area contributed by atoms with Crippen molar-refractivity contribution in [2.75, 3.05) is 0 Å². The molecule has 1 aliphatic rings. The highest BCUT2D eigenvalue weighted by atomic mass is 16.8. The van der Waals surface area contributed by atoms with Crippen molar-refractivity contribution in [2.24, 2.45) is 35.5 Å². The Hall–Kier alpha value is -3.21. The molecule has 0 saturated heterocycles. The molecule has 0 bridgehead atoms. The van der Waals surface area contributed by atoms with Gasteiger partial charge in [0.1, 0.15) is 12.2 Å². The number of carbonyl (C=O) groups excluding carboxylic acids is 3. The quantitative estimate of drug-likeness (QED) is 0.0985. The minimum Gasteiger partial charge on any atom is -0.458 e. The van der Waals surface area contributed by atoms with Gasteiger partial charge in [-0.25, -0.2) is 9.59 Å². The third kappa shape index (κ3) is 16.4. The van der Waals surface area contributed by atoms with Gasteiger partial charge < -0.3 is 34.3 Å². The van der Waals surface area contributed by atoms with Crippen molar-refractivity contribution >= 4 is 18.1 Å². The van der Waals surface area contributed by atoms with Gasteiger partial charge in [0.05, 0.1) is 18.3 Å². The maximum absolute atomic E-state index is 12.9. The van der Waals surface area contributed by atoms with Crippen LogP contribution in [0, 0.1) is 35.5 Å². The highest BCUT2D eigenvalue weighted by Crippen LogP contribution is 2.28. The Bertz CT molecular complexity index is 1090. The van der Waals surface area contributed by atoms with E-state index < -0.39 is 60.8 Å². The van der Waals surface area contributed by atoms with E-state index in [1.807, 2.05) is 33.8 Å². The Morgan fingerprint density at radius 2 is 1.64 bits per heavy atom. The number of hydrogen-bond acceptors (Lipinski definition) is 10. The van der Waals surface area contributed by atoms with E-state index in [2.05, 4.69) is 13.5 Å². The average molecular weight is 663 g/mol. The number of hydrogen-bond donors (Lipinski definition) is 3. The van der Waals surface area contributed by atoms with Gasteiger partial charge in [0.15, 0.2) is 0 Å². The molecule has 47 heavy (non-hydrogen) atoms. The Morgan fingerprint density at radius 3 is 2.28 bits per heavy atom. The van der Waals surface area contributed by atoms with Crippen LogP contribution >= 0.6 is 0 Å². The van der Waals surface area contributed by atoms with Gasteiger partial charge in [0, 0.05) is 50.0 Å². The number of ether oxygens (including phenoxy) is 4. The van der Waals surface area contributed by atoms with Crippen LogP contribution in [-0.2, 0) is 28.5 Å². The number of allylic oxidation sites excluding steroid dienone is 4. The Balaban J connectivity index is 3.35. The van der Waals surface area contributed by atoms with Crippen molar-refractivity contribution in [3.05, 3.63) is 61.3 Å². The van der Waals surface area contributed by atoms with Crippen molar-refractivity contribution in [2.45, 2.75) is 118 Å². The Morgan fingerprint density at radius 1 is 0.957 bits per heavy atom. The SMILES string of the molecule is C=C/C=C\[C@H](C)[C@@H]1OC(=O)/C=C\C=C\[C@@H](C)[C@@H](OC(=O)OC(C)OC(C)=O)C[C@H](O)/C=C\[C@H](C)[C@H](O)[C@@H](C)C[C@@H](C)CC[C@@H](O)[C@@H]1C. The van der Waals surface area contributed by atoms with E-state index in [4.69, 9.17) is 18.9 Å². The van der Waals surface area contributed by atoms with Crippen LogP contribution in [0.5, 0.6) is 0 Å². The van der Waals surface area contributed by atoms with Crippen LogP contribution in [0.4, 0.5) is 4.79 Å². The standard InChI is InChI=1S/C37H58O10/c1-10-11-14-26(5)36-28(7)32(40)20-17-23(2)21-27(6)35(42)25(4)18-19-31(39)22-33(24(3)15-12-13-16-34(41)47-36)46-37(43)45-30(9)44-29(8)38/h10-16,18-19,23-28,30-33,35-36,39-40,42H,1,17,20-22H2,2-9H3/b14-11-,15-12+,16-13-,19-18-/t23-,24+,25-,26-,27-,28-,30?,31+,32+,33-,35-,36-/m0/s1. The number of aliphatic hydroxyl groups is 3. The fourth-order valence-corrected chi connectivity index (χ4v) is 5.72. The lowest BCUT2D eigenvalue weighted by Crippen LogP contribution is -2.37. The maximum atomic E-state index is 12.9. The first-order chi connectivity index (χ1) is 22.0. The van der Waals surface area contributed by atoms with E-state index in [0.29, 0.717) is 6.42 Å². The summed E-state index contributed by atoms with van der Waals surface area (Å²) in [6.07, 6.45) is 10.7. The molecule has 266 valence electrons. The molecule has 0 aromatic heterocycles. The third-order valence-corrected chi connectivity index (χ3v) is 8.59. The summed E-state index contributed by atoms with van der Waals surface area (Å²) >= 11 is 0. The van der Waals surface area contributed by atoms with Crippen LogP contribution in [0.1, 0.15) is 81.1 Å². The number of aliphatic hydroxyl groups excluding tert-OH is 3. The van der Waals surface area contributed by atoms with Crippen molar-refractivity contribution in [1.29, 1.82) is 0 Å². The predicted octanol–water partition coefficient (Wildman–Crippen LogP) is 6.21. The lowest BCUT2D eigenvalue weighted by molar-refractivity contribution is -0.166. The highest BCUT2D eigenvalue weighted by molar-refractivity contribution is 5.82. The van der Waals surface area contributed by atoms with Crippen molar-refractivity contribution < 1.29 is 48.7 Å². The summed E-state index contributed by atoms with van der Waals surface area (Å²) in [5.74, 6) is -2.26. The summed E-state index contributed by atoms with van der Waals surface area (Å²) in [6.45, 7) is 17.8. The lowest BCUT2D eigenvalue weighted by atomic mass is 9.82. The molecule has 3 N–H and O–H groups in total. The zero-order valence-corrected chi connectivity index (χ0v) is 29.4. The van der Waals surface area contributed by atoms with Gasteiger partial charge in [0.25, 0.3) is 0 Å². The molecule has 10 nitrogen and oxygen atoms in total. The minimum atomic E-state index is -1.17. The largest absolute Gasteiger partial charge is 0.511 e. The fourth-order valence-electron chi connectivity index (χ4n) is 5.72. The van der Waals surface area contributed by atoms with Crippen LogP contribution in [0.3, 0.4) is 0 Å². The molecular weight excluding hydrogens is 604 g/mol. The van der Waals surface area contributed by atoms with Gasteiger partial charge in [-0.1, -0.05) is 96.7 Å².